The Bertz CT molecular complexity index is 1230. The summed E-state index contributed by atoms with van der Waals surface area (Å²) in [4.78, 5) is 16.5. The first kappa shape index (κ1) is 26.1. The van der Waals surface area contributed by atoms with Crippen molar-refractivity contribution in [2.75, 3.05) is 40.0 Å². The van der Waals surface area contributed by atoms with Crippen LogP contribution < -0.4 is 4.72 Å². The van der Waals surface area contributed by atoms with Crippen molar-refractivity contribution in [2.24, 2.45) is 10.1 Å². The molecule has 12 heteroatoms. The number of morpholine rings is 1. The van der Waals surface area contributed by atoms with E-state index in [-0.39, 0.29) is 25.0 Å². The van der Waals surface area contributed by atoms with Gasteiger partial charge in [-0.3, -0.25) is 0 Å². The summed E-state index contributed by atoms with van der Waals surface area (Å²) < 4.78 is 40.3. The average molecular weight is 534 g/mol. The van der Waals surface area contributed by atoms with Crippen LogP contribution in [-0.2, 0) is 24.5 Å². The molecule has 36 heavy (non-hydrogen) atoms. The highest BCUT2D eigenvalue weighted by Gasteiger charge is 2.35. The van der Waals surface area contributed by atoms with E-state index in [4.69, 9.17) is 26.2 Å². The summed E-state index contributed by atoms with van der Waals surface area (Å²) in [5.41, 5.74) is 2.57. The van der Waals surface area contributed by atoms with Crippen LogP contribution in [-0.4, -0.2) is 81.4 Å². The highest BCUT2D eigenvalue weighted by molar-refractivity contribution is 7.87. The SMILES string of the molecule is COC(=O)C(C)N=C(NS(=O)(=O)N1CCOCC1)N1CC(c2ccccc2)C(c2ccc(Cl)cc2)=N1. The van der Waals surface area contributed by atoms with Crippen molar-refractivity contribution in [2.45, 2.75) is 18.9 Å². The lowest BCUT2D eigenvalue weighted by atomic mass is 9.91. The Hall–Kier alpha value is -2.99. The van der Waals surface area contributed by atoms with Crippen LogP contribution in [0.5, 0.6) is 0 Å². The van der Waals surface area contributed by atoms with Gasteiger partial charge in [-0.1, -0.05) is 54.1 Å². The summed E-state index contributed by atoms with van der Waals surface area (Å²) in [6.45, 7) is 2.85. The number of rotatable bonds is 6. The second-order valence-corrected chi connectivity index (χ2v) is 10.4. The lowest BCUT2D eigenvalue weighted by molar-refractivity contribution is -0.141. The average Bonchev–Trinajstić information content (AvgIpc) is 3.34. The minimum absolute atomic E-state index is 0.0655. The molecule has 1 N–H and O–H groups in total. The molecule has 0 aliphatic carbocycles. The number of aliphatic imine (C=N–C) groups is 1. The van der Waals surface area contributed by atoms with Crippen LogP contribution in [0.25, 0.3) is 0 Å². The Balaban J connectivity index is 1.73. The first-order chi connectivity index (χ1) is 17.3. The molecule has 0 saturated carbocycles. The van der Waals surface area contributed by atoms with Crippen LogP contribution in [0, 0.1) is 0 Å². The molecule has 0 spiro atoms. The molecule has 192 valence electrons. The van der Waals surface area contributed by atoms with Crippen LogP contribution in [0.15, 0.2) is 64.7 Å². The molecule has 2 unspecified atom stereocenters. The number of hydrogen-bond acceptors (Lipinski definition) is 7. The molecule has 2 aliphatic heterocycles. The molecule has 1 saturated heterocycles. The number of halogens is 1. The third-order valence-corrected chi connectivity index (χ3v) is 7.63. The van der Waals surface area contributed by atoms with E-state index in [0.29, 0.717) is 24.8 Å². The molecular weight excluding hydrogens is 506 g/mol. The minimum Gasteiger partial charge on any atom is -0.467 e. The fourth-order valence-electron chi connectivity index (χ4n) is 3.98. The third kappa shape index (κ3) is 6.04. The van der Waals surface area contributed by atoms with Crippen molar-refractivity contribution in [1.29, 1.82) is 0 Å². The monoisotopic (exact) mass is 533 g/mol. The highest BCUT2D eigenvalue weighted by atomic mass is 35.5. The van der Waals surface area contributed by atoms with Gasteiger partial charge in [0, 0.05) is 24.0 Å². The summed E-state index contributed by atoms with van der Waals surface area (Å²) in [5.74, 6) is -0.845. The standard InChI is InChI=1S/C24H28ClN5O5S/c1-17(23(31)34-2)26-24(28-36(32,33)29-12-14-35-15-13-29)30-16-21(18-6-4-3-5-7-18)22(27-30)19-8-10-20(25)11-9-19/h3-11,17,21H,12-16H2,1-2H3,(H,26,28). The quantitative estimate of drug-likeness (QED) is 0.346. The molecule has 0 radical (unpaired) electrons. The number of guanidine groups is 1. The minimum atomic E-state index is -3.98. The first-order valence-corrected chi connectivity index (χ1v) is 13.3. The van der Waals surface area contributed by atoms with Crippen molar-refractivity contribution in [3.05, 3.63) is 70.7 Å². The number of hydrazone groups is 1. The van der Waals surface area contributed by atoms with Crippen LogP contribution in [0.1, 0.15) is 24.0 Å². The predicted molar refractivity (Wildman–Crippen MR) is 137 cm³/mol. The van der Waals surface area contributed by atoms with Crippen molar-refractivity contribution in [3.63, 3.8) is 0 Å². The maximum absolute atomic E-state index is 13.2. The maximum atomic E-state index is 13.2. The van der Waals surface area contributed by atoms with E-state index in [1.54, 1.807) is 12.1 Å². The number of benzene rings is 2. The smallest absolute Gasteiger partial charge is 0.330 e. The number of nitrogens with one attached hydrogen (secondary N) is 1. The van der Waals surface area contributed by atoms with Crippen LogP contribution in [0.3, 0.4) is 0 Å². The summed E-state index contributed by atoms with van der Waals surface area (Å²) in [5, 5.41) is 6.85. The maximum Gasteiger partial charge on any atom is 0.330 e. The normalized spacial score (nSPS) is 20.1. The van der Waals surface area contributed by atoms with E-state index in [9.17, 15) is 13.2 Å². The van der Waals surface area contributed by atoms with E-state index in [1.165, 1.54) is 23.3 Å². The number of ether oxygens (including phenoxy) is 2. The molecule has 0 aromatic heterocycles. The third-order valence-electron chi connectivity index (χ3n) is 5.89. The zero-order chi connectivity index (χ0) is 25.7. The summed E-state index contributed by atoms with van der Waals surface area (Å²) in [7, 11) is -2.72. The zero-order valence-corrected chi connectivity index (χ0v) is 21.6. The number of hydrogen-bond donors (Lipinski definition) is 1. The fourth-order valence-corrected chi connectivity index (χ4v) is 5.25. The molecule has 2 aromatic rings. The molecule has 2 aliphatic rings. The largest absolute Gasteiger partial charge is 0.467 e. The fraction of sp³-hybridized carbons (Fsp3) is 0.375. The van der Waals surface area contributed by atoms with Gasteiger partial charge in [0.15, 0.2) is 0 Å². The number of carbonyl (C=O) groups excluding carboxylic acids is 1. The second-order valence-electron chi connectivity index (χ2n) is 8.31. The molecule has 1 fully saturated rings. The molecule has 2 aromatic carbocycles. The van der Waals surface area contributed by atoms with Gasteiger partial charge >= 0.3 is 16.2 Å². The molecule has 10 nitrogen and oxygen atoms in total. The van der Waals surface area contributed by atoms with Crippen LogP contribution >= 0.6 is 11.6 Å². The Kier molecular flexibility index (Phi) is 8.24. The van der Waals surface area contributed by atoms with Crippen molar-refractivity contribution in [3.8, 4) is 0 Å². The van der Waals surface area contributed by atoms with Gasteiger partial charge in [-0.15, -0.1) is 0 Å². The van der Waals surface area contributed by atoms with Gasteiger partial charge in [0.2, 0.25) is 5.96 Å². The Labute approximate surface area is 215 Å². The molecule has 2 atom stereocenters. The molecule has 2 heterocycles. The zero-order valence-electron chi connectivity index (χ0n) is 20.0. The first-order valence-electron chi connectivity index (χ1n) is 11.5. The molecule has 0 amide bonds. The highest BCUT2D eigenvalue weighted by Crippen LogP contribution is 2.29. The van der Waals surface area contributed by atoms with E-state index in [0.717, 1.165) is 16.8 Å². The Morgan fingerprint density at radius 3 is 2.47 bits per heavy atom. The molecular formula is C24H28ClN5O5S. The van der Waals surface area contributed by atoms with E-state index in [1.807, 2.05) is 42.5 Å². The van der Waals surface area contributed by atoms with Gasteiger partial charge in [-0.2, -0.15) is 17.8 Å². The van der Waals surface area contributed by atoms with Crippen molar-refractivity contribution < 1.29 is 22.7 Å². The number of methoxy groups -OCH3 is 1. The van der Waals surface area contributed by atoms with E-state index in [2.05, 4.69) is 9.71 Å². The van der Waals surface area contributed by atoms with Crippen LogP contribution in [0.4, 0.5) is 0 Å². The van der Waals surface area contributed by atoms with E-state index < -0.39 is 22.2 Å². The van der Waals surface area contributed by atoms with Gasteiger partial charge in [0.05, 0.1) is 32.6 Å². The Morgan fingerprint density at radius 2 is 1.83 bits per heavy atom. The summed E-state index contributed by atoms with van der Waals surface area (Å²) in [6.07, 6.45) is 0. The van der Waals surface area contributed by atoms with Crippen LogP contribution in [0.2, 0.25) is 5.02 Å². The lowest BCUT2D eigenvalue weighted by Crippen LogP contribution is -2.51. The van der Waals surface area contributed by atoms with Gasteiger partial charge in [0.1, 0.15) is 6.04 Å². The van der Waals surface area contributed by atoms with Gasteiger partial charge < -0.3 is 9.47 Å². The lowest BCUT2D eigenvalue weighted by Gasteiger charge is -2.28. The predicted octanol–water partition coefficient (Wildman–Crippen LogP) is 2.23. The van der Waals surface area contributed by atoms with Gasteiger partial charge in [-0.05, 0) is 30.2 Å². The van der Waals surface area contributed by atoms with E-state index >= 15 is 0 Å². The second kappa shape index (κ2) is 11.4. The van der Waals surface area contributed by atoms with Gasteiger partial charge in [-0.25, -0.2) is 19.5 Å². The number of carbonyl (C=O) groups is 1. The topological polar surface area (TPSA) is 113 Å². The van der Waals surface area contributed by atoms with Crippen molar-refractivity contribution in [1.82, 2.24) is 14.0 Å². The molecule has 0 bridgehead atoms. The van der Waals surface area contributed by atoms with Gasteiger partial charge in [0.25, 0.3) is 0 Å². The summed E-state index contributed by atoms with van der Waals surface area (Å²) >= 11 is 6.09. The number of nitrogens with zero attached hydrogens (tertiary/aromatic N) is 4. The summed E-state index contributed by atoms with van der Waals surface area (Å²) in [6, 6.07) is 16.1. The number of esters is 1. The van der Waals surface area contributed by atoms with Crippen molar-refractivity contribution >= 4 is 39.5 Å². The Morgan fingerprint density at radius 1 is 1.17 bits per heavy atom. The molecule has 4 rings (SSSR count).